The first-order valence-corrected chi connectivity index (χ1v) is 8.31. The molecule has 0 saturated heterocycles. The van der Waals surface area contributed by atoms with Crippen molar-refractivity contribution >= 4 is 23.2 Å². The number of amides is 2. The quantitative estimate of drug-likeness (QED) is 0.928. The number of hydrogen-bond acceptors (Lipinski definition) is 3. The molecule has 0 bridgehead atoms. The number of nitrogens with zero attached hydrogens (tertiary/aromatic N) is 1. The minimum atomic E-state index is 0.0492. The summed E-state index contributed by atoms with van der Waals surface area (Å²) in [5, 5.41) is 3.02. The van der Waals surface area contributed by atoms with Crippen LogP contribution in [0.5, 0.6) is 0 Å². The van der Waals surface area contributed by atoms with Crippen molar-refractivity contribution in [1.29, 1.82) is 0 Å². The molecular weight excluding hydrogens is 284 g/mol. The third-order valence-corrected chi connectivity index (χ3v) is 4.98. The summed E-state index contributed by atoms with van der Waals surface area (Å²) in [6.45, 7) is 4.92. The molecule has 1 N–H and O–H groups in total. The zero-order chi connectivity index (χ0) is 15.6. The number of fused-ring (bicyclic) bond motifs is 1. The van der Waals surface area contributed by atoms with Crippen molar-refractivity contribution in [3.8, 4) is 0 Å². The Hall–Kier alpha value is -1.36. The molecule has 0 radical (unpaired) electrons. The number of aryl methyl sites for hydroxylation is 1. The lowest BCUT2D eigenvalue weighted by Crippen LogP contribution is -2.35. The topological polar surface area (TPSA) is 49.4 Å². The second-order valence-electron chi connectivity index (χ2n) is 6.34. The number of hydrogen-bond donors (Lipinski definition) is 1. The molecule has 1 atom stereocenters. The van der Waals surface area contributed by atoms with E-state index in [0.717, 1.165) is 30.7 Å². The molecule has 2 amide bonds. The predicted octanol–water partition coefficient (Wildman–Crippen LogP) is 2.33. The van der Waals surface area contributed by atoms with E-state index in [0.29, 0.717) is 5.92 Å². The van der Waals surface area contributed by atoms with E-state index in [2.05, 4.69) is 19.2 Å². The van der Waals surface area contributed by atoms with E-state index in [4.69, 9.17) is 0 Å². The van der Waals surface area contributed by atoms with Gasteiger partial charge in [0.15, 0.2) is 0 Å². The second-order valence-corrected chi connectivity index (χ2v) is 7.47. The van der Waals surface area contributed by atoms with E-state index in [1.165, 1.54) is 10.4 Å². The largest absolute Gasteiger partial charge is 0.356 e. The van der Waals surface area contributed by atoms with E-state index >= 15 is 0 Å². The summed E-state index contributed by atoms with van der Waals surface area (Å²) in [5.74, 6) is 0.725. The van der Waals surface area contributed by atoms with Crippen molar-refractivity contribution in [1.82, 2.24) is 10.2 Å². The Morgan fingerprint density at radius 2 is 2.14 bits per heavy atom. The molecule has 0 aromatic carbocycles. The lowest BCUT2D eigenvalue weighted by Gasteiger charge is -2.21. The minimum absolute atomic E-state index is 0.0492. The summed E-state index contributed by atoms with van der Waals surface area (Å²) >= 11 is 1.58. The maximum atomic E-state index is 12.2. The van der Waals surface area contributed by atoms with Crippen LogP contribution in [0.25, 0.3) is 0 Å². The van der Waals surface area contributed by atoms with Crippen LogP contribution in [0.1, 0.15) is 40.4 Å². The fourth-order valence-corrected chi connectivity index (χ4v) is 3.75. The van der Waals surface area contributed by atoms with Crippen LogP contribution in [0.15, 0.2) is 6.07 Å². The maximum Gasteiger partial charge on any atom is 0.263 e. The fourth-order valence-electron chi connectivity index (χ4n) is 2.52. The van der Waals surface area contributed by atoms with Gasteiger partial charge in [0, 0.05) is 31.4 Å². The van der Waals surface area contributed by atoms with Crippen LogP contribution < -0.4 is 5.32 Å². The molecule has 1 aliphatic carbocycles. The van der Waals surface area contributed by atoms with Gasteiger partial charge in [-0.05, 0) is 36.8 Å². The van der Waals surface area contributed by atoms with Crippen LogP contribution in [0.3, 0.4) is 0 Å². The Morgan fingerprint density at radius 3 is 2.76 bits per heavy atom. The molecular formula is C16H24N2O2S. The predicted molar refractivity (Wildman–Crippen MR) is 85.7 cm³/mol. The monoisotopic (exact) mass is 308 g/mol. The lowest BCUT2D eigenvalue weighted by atomic mass is 9.87. The van der Waals surface area contributed by atoms with E-state index in [9.17, 15) is 9.59 Å². The molecule has 4 nitrogen and oxygen atoms in total. The van der Waals surface area contributed by atoms with Crippen molar-refractivity contribution < 1.29 is 9.59 Å². The molecule has 0 fully saturated rings. The Morgan fingerprint density at radius 1 is 1.43 bits per heavy atom. The minimum Gasteiger partial charge on any atom is -0.356 e. The molecule has 116 valence electrons. The van der Waals surface area contributed by atoms with E-state index < -0.39 is 0 Å². The van der Waals surface area contributed by atoms with Gasteiger partial charge in [0.1, 0.15) is 0 Å². The fraction of sp³-hybridized carbons (Fsp3) is 0.625. The van der Waals surface area contributed by atoms with Crippen molar-refractivity contribution in [3.05, 3.63) is 21.4 Å². The van der Waals surface area contributed by atoms with Crippen molar-refractivity contribution in [2.24, 2.45) is 11.8 Å². The molecule has 0 spiro atoms. The summed E-state index contributed by atoms with van der Waals surface area (Å²) < 4.78 is 0. The van der Waals surface area contributed by atoms with Crippen molar-refractivity contribution in [3.63, 3.8) is 0 Å². The summed E-state index contributed by atoms with van der Waals surface area (Å²) in [6.07, 6.45) is 2.55. The van der Waals surface area contributed by atoms with E-state index in [1.807, 2.05) is 6.07 Å². The van der Waals surface area contributed by atoms with Gasteiger partial charge >= 0.3 is 0 Å². The summed E-state index contributed by atoms with van der Waals surface area (Å²) in [6, 6.07) is 1.98. The third kappa shape index (κ3) is 3.84. The molecule has 1 aromatic heterocycles. The Bertz CT molecular complexity index is 534. The highest BCUT2D eigenvalue weighted by Gasteiger charge is 2.27. The molecule has 1 heterocycles. The maximum absolute atomic E-state index is 12.2. The van der Waals surface area contributed by atoms with Crippen LogP contribution in [0.4, 0.5) is 0 Å². The zero-order valence-corrected chi connectivity index (χ0v) is 14.0. The Labute approximate surface area is 130 Å². The average molecular weight is 308 g/mol. The number of carbonyl (C=O) groups is 2. The zero-order valence-electron chi connectivity index (χ0n) is 13.2. The normalized spacial score (nSPS) is 17.5. The number of thiophene rings is 1. The van der Waals surface area contributed by atoms with Gasteiger partial charge < -0.3 is 10.2 Å². The average Bonchev–Trinajstić information content (AvgIpc) is 2.86. The summed E-state index contributed by atoms with van der Waals surface area (Å²) in [7, 11) is 3.53. The number of carbonyl (C=O) groups excluding carboxylic acids is 2. The first kappa shape index (κ1) is 16.0. The van der Waals surface area contributed by atoms with E-state index in [-0.39, 0.29) is 17.7 Å². The van der Waals surface area contributed by atoms with Gasteiger partial charge in [-0.3, -0.25) is 9.59 Å². The standard InChI is InChI=1S/C16H24N2O2S/c1-10(2)9-17-15(19)11-5-6-13-12(7-11)8-14(21-13)16(20)18(3)4/h8,10-11H,5-7,9H2,1-4H3,(H,17,19). The molecule has 5 heteroatoms. The Balaban J connectivity index is 2.03. The van der Waals surface area contributed by atoms with Crippen LogP contribution in [0, 0.1) is 11.8 Å². The number of nitrogens with one attached hydrogen (secondary N) is 1. The molecule has 21 heavy (non-hydrogen) atoms. The smallest absolute Gasteiger partial charge is 0.263 e. The highest BCUT2D eigenvalue weighted by Crippen LogP contribution is 2.32. The Kier molecular flexibility index (Phi) is 5.04. The molecule has 1 aromatic rings. The van der Waals surface area contributed by atoms with Gasteiger partial charge in [-0.1, -0.05) is 13.8 Å². The summed E-state index contributed by atoms with van der Waals surface area (Å²) in [4.78, 5) is 27.8. The van der Waals surface area contributed by atoms with Gasteiger partial charge in [0.05, 0.1) is 4.88 Å². The first-order valence-electron chi connectivity index (χ1n) is 7.49. The van der Waals surface area contributed by atoms with Crippen LogP contribution in [-0.4, -0.2) is 37.4 Å². The summed E-state index contributed by atoms with van der Waals surface area (Å²) in [5.41, 5.74) is 1.18. The highest BCUT2D eigenvalue weighted by atomic mass is 32.1. The van der Waals surface area contributed by atoms with Crippen molar-refractivity contribution in [2.75, 3.05) is 20.6 Å². The van der Waals surface area contributed by atoms with Gasteiger partial charge in [0.25, 0.3) is 5.91 Å². The molecule has 0 aliphatic heterocycles. The van der Waals surface area contributed by atoms with Gasteiger partial charge in [-0.15, -0.1) is 11.3 Å². The van der Waals surface area contributed by atoms with Crippen molar-refractivity contribution in [2.45, 2.75) is 33.1 Å². The second kappa shape index (κ2) is 6.60. The van der Waals surface area contributed by atoms with Crippen LogP contribution in [-0.2, 0) is 17.6 Å². The SMILES string of the molecule is CC(C)CNC(=O)C1CCc2sc(C(=O)N(C)C)cc2C1. The van der Waals surface area contributed by atoms with Crippen LogP contribution >= 0.6 is 11.3 Å². The van der Waals surface area contributed by atoms with Gasteiger partial charge in [0.2, 0.25) is 5.91 Å². The van der Waals surface area contributed by atoms with E-state index in [1.54, 1.807) is 30.3 Å². The highest BCUT2D eigenvalue weighted by molar-refractivity contribution is 7.14. The van der Waals surface area contributed by atoms with Gasteiger partial charge in [-0.25, -0.2) is 0 Å². The molecule has 2 rings (SSSR count). The van der Waals surface area contributed by atoms with Gasteiger partial charge in [-0.2, -0.15) is 0 Å². The van der Waals surface area contributed by atoms with Crippen LogP contribution in [0.2, 0.25) is 0 Å². The molecule has 0 saturated carbocycles. The number of rotatable bonds is 4. The molecule has 1 aliphatic rings. The lowest BCUT2D eigenvalue weighted by molar-refractivity contribution is -0.125. The first-order chi connectivity index (χ1) is 9.88. The third-order valence-electron chi connectivity index (χ3n) is 3.76. The molecule has 1 unspecified atom stereocenters.